The quantitative estimate of drug-likeness (QED) is 0.328. The summed E-state index contributed by atoms with van der Waals surface area (Å²) in [5, 5.41) is 0. The molecule has 1 atom stereocenters. The van der Waals surface area contributed by atoms with Gasteiger partial charge in [-0.05, 0) is 79.3 Å². The van der Waals surface area contributed by atoms with Crippen LogP contribution in [0.2, 0.25) is 0 Å². The van der Waals surface area contributed by atoms with Crippen molar-refractivity contribution < 1.29 is 14.3 Å². The molecule has 3 aromatic rings. The topological polar surface area (TPSA) is 35.5 Å². The second kappa shape index (κ2) is 9.94. The van der Waals surface area contributed by atoms with Crippen LogP contribution in [0.15, 0.2) is 103 Å². The van der Waals surface area contributed by atoms with E-state index in [0.29, 0.717) is 11.3 Å². The summed E-state index contributed by atoms with van der Waals surface area (Å²) < 4.78 is 11.5. The summed E-state index contributed by atoms with van der Waals surface area (Å²) in [6, 6.07) is 24.9. The number of hydrogen-bond acceptors (Lipinski definition) is 3. The Bertz CT molecular complexity index is 1060. The van der Waals surface area contributed by atoms with Gasteiger partial charge in [-0.3, -0.25) is 0 Å². The van der Waals surface area contributed by atoms with Crippen molar-refractivity contribution in [3.8, 4) is 11.5 Å². The van der Waals surface area contributed by atoms with Gasteiger partial charge in [-0.15, -0.1) is 0 Å². The molecule has 1 unspecified atom stereocenters. The summed E-state index contributed by atoms with van der Waals surface area (Å²) in [7, 11) is 0. The highest BCUT2D eigenvalue weighted by Crippen LogP contribution is 2.22. The average molecular weight is 411 g/mol. The van der Waals surface area contributed by atoms with E-state index in [4.69, 9.17) is 9.47 Å². The lowest BCUT2D eigenvalue weighted by Gasteiger charge is -2.18. The van der Waals surface area contributed by atoms with E-state index >= 15 is 0 Å². The van der Waals surface area contributed by atoms with Crippen molar-refractivity contribution in [2.45, 2.75) is 32.3 Å². The van der Waals surface area contributed by atoms with Crippen molar-refractivity contribution in [3.05, 3.63) is 119 Å². The Morgan fingerprint density at radius 2 is 1.48 bits per heavy atom. The number of carbonyl (C=O) groups is 1. The third-order valence-electron chi connectivity index (χ3n) is 5.28. The minimum absolute atomic E-state index is 0.0496. The summed E-state index contributed by atoms with van der Waals surface area (Å²) in [6.45, 7) is 2.08. The molecule has 0 heterocycles. The Balaban J connectivity index is 1.32. The lowest BCUT2D eigenvalue weighted by molar-refractivity contribution is 0.0734. The molecular formula is C28H26O3. The van der Waals surface area contributed by atoms with Crippen LogP contribution >= 0.6 is 0 Å². The molecule has 0 amide bonds. The van der Waals surface area contributed by atoms with Crippen LogP contribution in [0.5, 0.6) is 11.5 Å². The van der Waals surface area contributed by atoms with Gasteiger partial charge >= 0.3 is 5.97 Å². The molecule has 1 aliphatic carbocycles. The summed E-state index contributed by atoms with van der Waals surface area (Å²) in [4.78, 5) is 12.2. The van der Waals surface area contributed by atoms with Gasteiger partial charge in [0, 0.05) is 0 Å². The third-order valence-corrected chi connectivity index (χ3v) is 5.28. The summed E-state index contributed by atoms with van der Waals surface area (Å²) in [5.74, 6) is 1.07. The molecule has 3 aromatic carbocycles. The van der Waals surface area contributed by atoms with Gasteiger partial charge in [-0.25, -0.2) is 4.79 Å². The molecule has 0 aliphatic heterocycles. The average Bonchev–Trinajstić information content (AvgIpc) is 2.82. The van der Waals surface area contributed by atoms with Crippen LogP contribution < -0.4 is 9.47 Å². The van der Waals surface area contributed by atoms with Crippen molar-refractivity contribution in [1.82, 2.24) is 0 Å². The molecule has 0 N–H and O–H groups in total. The van der Waals surface area contributed by atoms with Crippen LogP contribution in [0.4, 0.5) is 0 Å². The predicted molar refractivity (Wildman–Crippen MR) is 124 cm³/mol. The van der Waals surface area contributed by atoms with Crippen molar-refractivity contribution in [2.75, 3.05) is 0 Å². The number of allylic oxidation sites excluding steroid dienone is 2. The molecule has 4 rings (SSSR count). The van der Waals surface area contributed by atoms with Gasteiger partial charge in [0.1, 0.15) is 17.6 Å². The fraction of sp³-hybridized carbons (Fsp3) is 0.179. The van der Waals surface area contributed by atoms with Crippen molar-refractivity contribution in [3.63, 3.8) is 0 Å². The van der Waals surface area contributed by atoms with E-state index in [1.807, 2.05) is 54.6 Å². The van der Waals surface area contributed by atoms with Crippen LogP contribution in [0.25, 0.3) is 0 Å². The molecule has 3 heteroatoms. The molecule has 0 radical (unpaired) electrons. The minimum atomic E-state index is -0.349. The maximum absolute atomic E-state index is 12.2. The van der Waals surface area contributed by atoms with Crippen molar-refractivity contribution in [1.29, 1.82) is 0 Å². The zero-order valence-electron chi connectivity index (χ0n) is 17.7. The van der Waals surface area contributed by atoms with E-state index in [2.05, 4.69) is 37.3 Å². The maximum Gasteiger partial charge on any atom is 0.343 e. The van der Waals surface area contributed by atoms with E-state index in [1.54, 1.807) is 12.1 Å². The van der Waals surface area contributed by atoms with Crippen LogP contribution in [-0.2, 0) is 6.42 Å². The van der Waals surface area contributed by atoms with Crippen LogP contribution in [0.1, 0.15) is 41.3 Å². The van der Waals surface area contributed by atoms with E-state index in [-0.39, 0.29) is 12.1 Å². The fourth-order valence-electron chi connectivity index (χ4n) is 3.54. The van der Waals surface area contributed by atoms with Gasteiger partial charge < -0.3 is 9.47 Å². The van der Waals surface area contributed by atoms with Gasteiger partial charge in [0.05, 0.1) is 5.56 Å². The molecule has 156 valence electrons. The first-order valence-corrected chi connectivity index (χ1v) is 10.7. The Morgan fingerprint density at radius 3 is 2.10 bits per heavy atom. The Hall–Kier alpha value is -3.59. The SMILES string of the molecule is CC(Oc1ccc(Cc2ccc(OC(=O)c3ccccc3)cc2)cc1)C1=CCCC=C1. The number of rotatable bonds is 7. The highest BCUT2D eigenvalue weighted by atomic mass is 16.5. The predicted octanol–water partition coefficient (Wildman–Crippen LogP) is 6.54. The molecule has 0 fully saturated rings. The molecule has 1 aliphatic rings. The minimum Gasteiger partial charge on any atom is -0.486 e. The monoisotopic (exact) mass is 410 g/mol. The number of esters is 1. The van der Waals surface area contributed by atoms with Crippen LogP contribution in [0.3, 0.4) is 0 Å². The highest BCUT2D eigenvalue weighted by molar-refractivity contribution is 5.90. The zero-order valence-corrected chi connectivity index (χ0v) is 17.7. The number of benzene rings is 3. The normalized spacial score (nSPS) is 13.9. The van der Waals surface area contributed by atoms with Crippen LogP contribution in [-0.4, -0.2) is 12.1 Å². The van der Waals surface area contributed by atoms with E-state index in [1.165, 1.54) is 11.1 Å². The maximum atomic E-state index is 12.2. The van der Waals surface area contributed by atoms with Gasteiger partial charge in [0.25, 0.3) is 0 Å². The Morgan fingerprint density at radius 1 is 0.839 bits per heavy atom. The van der Waals surface area contributed by atoms with Gasteiger partial charge in [-0.2, -0.15) is 0 Å². The second-order valence-corrected chi connectivity index (χ2v) is 7.66. The summed E-state index contributed by atoms with van der Waals surface area (Å²) in [6.07, 6.45) is 9.66. The Labute approximate surface area is 183 Å². The largest absolute Gasteiger partial charge is 0.486 e. The number of hydrogen-bond donors (Lipinski definition) is 0. The second-order valence-electron chi connectivity index (χ2n) is 7.66. The molecule has 0 bridgehead atoms. The number of ether oxygens (including phenoxy) is 2. The smallest absolute Gasteiger partial charge is 0.343 e. The standard InChI is InChI=1S/C28H26O3/c1-21(24-8-4-2-5-9-24)30-26-16-12-22(13-17-26)20-23-14-18-27(19-15-23)31-28(29)25-10-6-3-7-11-25/h3-4,6-19,21H,2,5,20H2,1H3. The van der Waals surface area contributed by atoms with Crippen molar-refractivity contribution in [2.24, 2.45) is 0 Å². The van der Waals surface area contributed by atoms with Crippen molar-refractivity contribution >= 4 is 5.97 Å². The molecular weight excluding hydrogens is 384 g/mol. The number of carbonyl (C=O) groups excluding carboxylic acids is 1. The first-order chi connectivity index (χ1) is 15.2. The highest BCUT2D eigenvalue weighted by Gasteiger charge is 2.10. The van der Waals surface area contributed by atoms with Crippen LogP contribution in [0, 0.1) is 0 Å². The summed E-state index contributed by atoms with van der Waals surface area (Å²) in [5.41, 5.74) is 4.13. The fourth-order valence-corrected chi connectivity index (χ4v) is 3.54. The first kappa shape index (κ1) is 20.7. The first-order valence-electron chi connectivity index (χ1n) is 10.7. The van der Waals surface area contributed by atoms with E-state index in [9.17, 15) is 4.79 Å². The van der Waals surface area contributed by atoms with Gasteiger partial charge in [-0.1, -0.05) is 60.7 Å². The molecule has 31 heavy (non-hydrogen) atoms. The summed E-state index contributed by atoms with van der Waals surface area (Å²) >= 11 is 0. The van der Waals surface area contributed by atoms with Gasteiger partial charge in [0.15, 0.2) is 0 Å². The third kappa shape index (κ3) is 5.73. The zero-order chi connectivity index (χ0) is 21.5. The molecule has 0 spiro atoms. The molecule has 0 saturated carbocycles. The lowest BCUT2D eigenvalue weighted by Crippen LogP contribution is -2.14. The molecule has 0 saturated heterocycles. The van der Waals surface area contributed by atoms with E-state index in [0.717, 1.165) is 30.6 Å². The molecule has 0 aromatic heterocycles. The van der Waals surface area contributed by atoms with E-state index < -0.39 is 0 Å². The molecule has 3 nitrogen and oxygen atoms in total. The lowest BCUT2D eigenvalue weighted by atomic mass is 10.0. The Kier molecular flexibility index (Phi) is 6.63. The van der Waals surface area contributed by atoms with Gasteiger partial charge in [0.2, 0.25) is 0 Å².